The lowest BCUT2D eigenvalue weighted by Crippen LogP contribution is -2.26. The topological polar surface area (TPSA) is 84.2 Å². The number of ether oxygens (including phenoxy) is 1. The predicted octanol–water partition coefficient (Wildman–Crippen LogP) is 1.28. The summed E-state index contributed by atoms with van der Waals surface area (Å²) in [6.45, 7) is 0. The van der Waals surface area contributed by atoms with Crippen molar-refractivity contribution in [3.05, 3.63) is 36.0 Å². The third-order valence-electron chi connectivity index (χ3n) is 2.66. The smallest absolute Gasteiger partial charge is 0.263 e. The number of hydrogen-bond acceptors (Lipinski definition) is 4. The molecule has 1 aromatic heterocycles. The summed E-state index contributed by atoms with van der Waals surface area (Å²) in [6, 6.07) is 7.18. The van der Waals surface area contributed by atoms with Gasteiger partial charge in [-0.2, -0.15) is 5.10 Å². The van der Waals surface area contributed by atoms with Crippen LogP contribution >= 0.6 is 0 Å². The molecule has 6 nitrogen and oxygen atoms in total. The molecule has 0 radical (unpaired) electrons. The van der Waals surface area contributed by atoms with Crippen molar-refractivity contribution in [1.29, 1.82) is 0 Å². The van der Waals surface area contributed by atoms with Gasteiger partial charge in [-0.3, -0.25) is 9.89 Å². The summed E-state index contributed by atoms with van der Waals surface area (Å²) in [6.07, 6.45) is 1.41. The molecule has 0 saturated carbocycles. The van der Waals surface area contributed by atoms with Crippen molar-refractivity contribution in [3.63, 3.8) is 0 Å². The summed E-state index contributed by atoms with van der Waals surface area (Å²) in [7, 11) is 3.27. The van der Waals surface area contributed by atoms with E-state index in [-0.39, 0.29) is 11.7 Å². The highest BCUT2D eigenvalue weighted by atomic mass is 16.5. The van der Waals surface area contributed by atoms with E-state index in [0.29, 0.717) is 5.56 Å². The molecule has 18 heavy (non-hydrogen) atoms. The van der Waals surface area contributed by atoms with Crippen molar-refractivity contribution in [2.75, 3.05) is 24.8 Å². The number of carbonyl (C=O) groups is 1. The fraction of sp³-hybridized carbons (Fsp3) is 0.167. The molecule has 0 saturated heterocycles. The lowest BCUT2D eigenvalue weighted by atomic mass is 10.2. The number of aromatic amines is 1. The van der Waals surface area contributed by atoms with Gasteiger partial charge in [-0.05, 0) is 24.3 Å². The molecule has 1 heterocycles. The number of aromatic nitrogens is 2. The maximum Gasteiger partial charge on any atom is 0.263 e. The minimum absolute atomic E-state index is 0.216. The molecule has 0 aliphatic carbocycles. The van der Waals surface area contributed by atoms with Crippen LogP contribution in [0.25, 0.3) is 0 Å². The van der Waals surface area contributed by atoms with Crippen LogP contribution in [-0.4, -0.2) is 30.3 Å². The molecule has 1 amide bonds. The first kappa shape index (κ1) is 12.0. The maximum atomic E-state index is 12.1. The second-order valence-electron chi connectivity index (χ2n) is 3.76. The number of benzene rings is 1. The molecule has 2 aromatic rings. The first-order valence-electron chi connectivity index (χ1n) is 5.34. The van der Waals surface area contributed by atoms with Crippen LogP contribution in [0, 0.1) is 0 Å². The predicted molar refractivity (Wildman–Crippen MR) is 68.7 cm³/mol. The third-order valence-corrected chi connectivity index (χ3v) is 2.66. The van der Waals surface area contributed by atoms with Crippen molar-refractivity contribution in [2.24, 2.45) is 0 Å². The van der Waals surface area contributed by atoms with E-state index >= 15 is 0 Å². The summed E-state index contributed by atoms with van der Waals surface area (Å²) in [5.41, 5.74) is 6.72. The monoisotopic (exact) mass is 246 g/mol. The zero-order chi connectivity index (χ0) is 13.1. The van der Waals surface area contributed by atoms with Crippen LogP contribution in [0.2, 0.25) is 0 Å². The fourth-order valence-corrected chi connectivity index (χ4v) is 1.57. The molecule has 0 spiro atoms. The van der Waals surface area contributed by atoms with Crippen molar-refractivity contribution >= 4 is 17.4 Å². The molecule has 2 rings (SSSR count). The zero-order valence-corrected chi connectivity index (χ0v) is 10.2. The first-order valence-corrected chi connectivity index (χ1v) is 5.34. The van der Waals surface area contributed by atoms with E-state index in [2.05, 4.69) is 10.2 Å². The Morgan fingerprint density at radius 3 is 2.56 bits per heavy atom. The Balaban J connectivity index is 2.23. The first-order chi connectivity index (χ1) is 8.63. The molecule has 0 fully saturated rings. The molecule has 3 N–H and O–H groups in total. The summed E-state index contributed by atoms with van der Waals surface area (Å²) in [5, 5.41) is 6.26. The molecule has 0 aliphatic heterocycles. The largest absolute Gasteiger partial charge is 0.497 e. The third kappa shape index (κ3) is 2.13. The number of anilines is 2. The van der Waals surface area contributed by atoms with Gasteiger partial charge in [0.05, 0.1) is 13.3 Å². The van der Waals surface area contributed by atoms with Gasteiger partial charge in [0.1, 0.15) is 17.1 Å². The molecule has 1 aromatic carbocycles. The van der Waals surface area contributed by atoms with Crippen LogP contribution in [0.5, 0.6) is 5.75 Å². The highest BCUT2D eigenvalue weighted by Gasteiger charge is 2.17. The van der Waals surface area contributed by atoms with Crippen LogP contribution in [0.3, 0.4) is 0 Å². The molecule has 0 atom stereocenters. The lowest BCUT2D eigenvalue weighted by molar-refractivity contribution is 0.0994. The average molecular weight is 246 g/mol. The lowest BCUT2D eigenvalue weighted by Gasteiger charge is -2.17. The van der Waals surface area contributed by atoms with Crippen LogP contribution in [0.4, 0.5) is 11.5 Å². The summed E-state index contributed by atoms with van der Waals surface area (Å²) >= 11 is 0. The zero-order valence-electron chi connectivity index (χ0n) is 10.2. The Bertz CT molecular complexity index is 547. The highest BCUT2D eigenvalue weighted by Crippen LogP contribution is 2.20. The normalized spacial score (nSPS) is 10.1. The van der Waals surface area contributed by atoms with Crippen LogP contribution < -0.4 is 15.4 Å². The highest BCUT2D eigenvalue weighted by molar-refractivity contribution is 6.08. The molecule has 6 heteroatoms. The molecular formula is C12H14N4O2. The van der Waals surface area contributed by atoms with E-state index in [1.165, 1.54) is 11.1 Å². The van der Waals surface area contributed by atoms with Gasteiger partial charge in [-0.15, -0.1) is 0 Å². The number of amides is 1. The Morgan fingerprint density at radius 2 is 2.06 bits per heavy atom. The van der Waals surface area contributed by atoms with Crippen LogP contribution in [0.1, 0.15) is 10.4 Å². The Morgan fingerprint density at radius 1 is 1.39 bits per heavy atom. The maximum absolute atomic E-state index is 12.1. The van der Waals surface area contributed by atoms with E-state index in [1.807, 2.05) is 0 Å². The number of rotatable bonds is 3. The molecule has 94 valence electrons. The number of hydrogen-bond donors (Lipinski definition) is 2. The van der Waals surface area contributed by atoms with Crippen molar-refractivity contribution in [3.8, 4) is 5.75 Å². The summed E-state index contributed by atoms with van der Waals surface area (Å²) in [5.74, 6) is 0.786. The number of carbonyl (C=O) groups excluding carboxylic acids is 1. The Hall–Kier alpha value is -2.50. The van der Waals surface area contributed by atoms with Crippen molar-refractivity contribution in [1.82, 2.24) is 10.2 Å². The number of methoxy groups -OCH3 is 1. The quantitative estimate of drug-likeness (QED) is 0.854. The van der Waals surface area contributed by atoms with Crippen molar-refractivity contribution < 1.29 is 9.53 Å². The van der Waals surface area contributed by atoms with E-state index in [4.69, 9.17) is 10.5 Å². The van der Waals surface area contributed by atoms with Gasteiger partial charge in [0.25, 0.3) is 5.91 Å². The van der Waals surface area contributed by atoms with Gasteiger partial charge in [0.15, 0.2) is 0 Å². The summed E-state index contributed by atoms with van der Waals surface area (Å²) < 4.78 is 5.06. The standard InChI is InChI=1S/C12H14N4O2/c1-16(8-3-5-9(18-2)6-4-8)12(17)10-7-14-15-11(10)13/h3-7H,1-2H3,(H3,13,14,15). The number of H-pyrrole nitrogens is 1. The Labute approximate surface area is 104 Å². The number of nitrogen functional groups attached to an aromatic ring is 1. The molecule has 0 unspecified atom stereocenters. The van der Waals surface area contributed by atoms with Crippen molar-refractivity contribution in [2.45, 2.75) is 0 Å². The van der Waals surface area contributed by atoms with Gasteiger partial charge in [0.2, 0.25) is 0 Å². The fourth-order valence-electron chi connectivity index (χ4n) is 1.57. The van der Waals surface area contributed by atoms with Crippen LogP contribution in [0.15, 0.2) is 30.5 Å². The molecule has 0 aliphatic rings. The van der Waals surface area contributed by atoms with E-state index < -0.39 is 0 Å². The molecule has 0 bridgehead atoms. The average Bonchev–Trinajstić information content (AvgIpc) is 2.83. The molecular weight excluding hydrogens is 232 g/mol. The minimum Gasteiger partial charge on any atom is -0.497 e. The van der Waals surface area contributed by atoms with Gasteiger partial charge >= 0.3 is 0 Å². The van der Waals surface area contributed by atoms with Gasteiger partial charge in [0, 0.05) is 12.7 Å². The minimum atomic E-state index is -0.216. The van der Waals surface area contributed by atoms with E-state index in [9.17, 15) is 4.79 Å². The number of nitrogens with zero attached hydrogens (tertiary/aromatic N) is 2. The summed E-state index contributed by atoms with van der Waals surface area (Å²) in [4.78, 5) is 13.6. The van der Waals surface area contributed by atoms with E-state index in [0.717, 1.165) is 11.4 Å². The second kappa shape index (κ2) is 4.79. The number of nitrogens with two attached hydrogens (primary N) is 1. The van der Waals surface area contributed by atoms with Gasteiger partial charge in [-0.25, -0.2) is 0 Å². The van der Waals surface area contributed by atoms with Gasteiger partial charge in [-0.1, -0.05) is 0 Å². The second-order valence-corrected chi connectivity index (χ2v) is 3.76. The van der Waals surface area contributed by atoms with Gasteiger partial charge < -0.3 is 15.4 Å². The Kier molecular flexibility index (Phi) is 3.18. The van der Waals surface area contributed by atoms with E-state index in [1.54, 1.807) is 38.4 Å². The SMILES string of the molecule is COc1ccc(N(C)C(=O)c2cn[nH]c2N)cc1. The van der Waals surface area contributed by atoms with Crippen LogP contribution in [-0.2, 0) is 0 Å². The number of nitrogens with one attached hydrogen (secondary N) is 1.